The third kappa shape index (κ3) is 1.83. The zero-order chi connectivity index (χ0) is 27.8. The molecule has 2 aromatic heterocycles. The summed E-state index contributed by atoms with van der Waals surface area (Å²) in [5.41, 5.74) is 30.8. The molecule has 8 aliphatic rings. The maximum Gasteiger partial charge on any atom is 0.417 e. The van der Waals surface area contributed by atoms with Crippen LogP contribution in [-0.4, -0.2) is 0 Å². The molecule has 0 saturated carbocycles. The van der Waals surface area contributed by atoms with Crippen LogP contribution in [0.3, 0.4) is 0 Å². The van der Waals surface area contributed by atoms with Crippen LogP contribution >= 0.6 is 0 Å². The number of pyridine rings is 2. The van der Waals surface area contributed by atoms with Gasteiger partial charge in [-0.15, -0.1) is 9.13 Å². The summed E-state index contributed by atoms with van der Waals surface area (Å²) in [7, 11) is 0. The van der Waals surface area contributed by atoms with E-state index in [-0.39, 0.29) is 5.66 Å². The molecule has 0 saturated heterocycles. The third-order valence-electron chi connectivity index (χ3n) is 13.1. The first-order valence-electron chi connectivity index (χ1n) is 16.5. The molecule has 4 aromatic carbocycles. The summed E-state index contributed by atoms with van der Waals surface area (Å²) in [5.74, 6) is 0.650. The van der Waals surface area contributed by atoms with Crippen LogP contribution in [0.2, 0.25) is 0 Å². The van der Waals surface area contributed by atoms with Crippen LogP contribution in [-0.2, 0) is 37.8 Å². The van der Waals surface area contributed by atoms with Crippen molar-refractivity contribution in [1.29, 1.82) is 0 Å². The molecule has 0 radical (unpaired) electrons. The second-order valence-electron chi connectivity index (χ2n) is 14.7. The van der Waals surface area contributed by atoms with Gasteiger partial charge in [0.2, 0.25) is 11.4 Å². The Morgan fingerprint density at radius 2 is 0.750 bits per heavy atom. The van der Waals surface area contributed by atoms with Gasteiger partial charge in [0.15, 0.2) is 0 Å². The molecule has 2 heteroatoms. The lowest BCUT2D eigenvalue weighted by molar-refractivity contribution is -0.947. The molecule has 2 atom stereocenters. The zero-order valence-corrected chi connectivity index (χ0v) is 24.2. The summed E-state index contributed by atoms with van der Waals surface area (Å²) in [6.45, 7) is 0. The zero-order valence-electron chi connectivity index (χ0n) is 24.2. The number of aromatic nitrogens is 2. The van der Waals surface area contributed by atoms with Gasteiger partial charge in [-0.1, -0.05) is 60.7 Å². The van der Waals surface area contributed by atoms with Gasteiger partial charge in [0.05, 0.1) is 11.8 Å². The van der Waals surface area contributed by atoms with Crippen molar-refractivity contribution in [3.8, 4) is 11.4 Å². The third-order valence-corrected chi connectivity index (χ3v) is 13.1. The number of hydrogen-bond acceptors (Lipinski definition) is 0. The van der Waals surface area contributed by atoms with Crippen LogP contribution in [0.15, 0.2) is 84.9 Å². The van der Waals surface area contributed by atoms with E-state index in [0.29, 0.717) is 11.8 Å². The first kappa shape index (κ1) is 21.0. The SMILES string of the molecule is c1cc2c3c(c1)Cc1ccc4[n+]5c1C3c1c(ccc3c1C51c5c(ccc6c5C5c7c(cccc7Cc7ccc-4[n+]1c75)C6)C3)C2. The second-order valence-corrected chi connectivity index (χ2v) is 14.7. The Morgan fingerprint density at radius 1 is 0.386 bits per heavy atom. The minimum atomic E-state index is -0.346. The lowest BCUT2D eigenvalue weighted by Gasteiger charge is -2.47. The van der Waals surface area contributed by atoms with E-state index >= 15 is 0 Å². The molecule has 0 N–H and O–H groups in total. The van der Waals surface area contributed by atoms with Crippen molar-refractivity contribution in [2.75, 3.05) is 0 Å². The predicted octanol–water partition coefficient (Wildman–Crippen LogP) is 6.05. The van der Waals surface area contributed by atoms with Crippen molar-refractivity contribution in [1.82, 2.24) is 0 Å². The average Bonchev–Trinajstić information content (AvgIpc) is 3.36. The standard InChI is InChI=1S/C42H26N2/c1-3-20-15-24-7-9-26-19-27-10-8-25-16-21-4-2-6-23-18-29-12-14-31-30-13-11-28-17-22(5-1)32(20)36-34(24)38(26)42(43(30)40(28)36)39(27)35(25)37(33(21)23)41(29)44(31)42/h1-14,36-37H,15-19H2/q+2. The molecule has 2 nitrogen and oxygen atoms in total. The fraction of sp³-hybridized carbons (Fsp3) is 0.190. The Labute approximate surface area is 254 Å². The van der Waals surface area contributed by atoms with Gasteiger partial charge in [-0.25, -0.2) is 0 Å². The smallest absolute Gasteiger partial charge is 0.116 e. The molecule has 44 heavy (non-hydrogen) atoms. The summed E-state index contributed by atoms with van der Waals surface area (Å²) in [4.78, 5) is 0. The molecule has 6 aromatic rings. The average molecular weight is 559 g/mol. The van der Waals surface area contributed by atoms with Gasteiger partial charge in [0, 0.05) is 36.1 Å². The van der Waals surface area contributed by atoms with Crippen molar-refractivity contribution >= 4 is 0 Å². The molecule has 5 heterocycles. The highest BCUT2D eigenvalue weighted by molar-refractivity contribution is 5.74. The molecule has 5 aliphatic carbocycles. The number of rotatable bonds is 0. The monoisotopic (exact) mass is 558 g/mol. The Hall–Kier alpha value is -4.82. The Bertz CT molecular complexity index is 2340. The van der Waals surface area contributed by atoms with E-state index in [4.69, 9.17) is 0 Å². The Balaban J connectivity index is 1.26. The van der Waals surface area contributed by atoms with Crippen LogP contribution in [0.4, 0.5) is 0 Å². The van der Waals surface area contributed by atoms with Crippen molar-refractivity contribution < 1.29 is 9.13 Å². The van der Waals surface area contributed by atoms with Gasteiger partial charge < -0.3 is 0 Å². The molecular weight excluding hydrogens is 532 g/mol. The molecule has 2 unspecified atom stereocenters. The molecule has 0 bridgehead atoms. The van der Waals surface area contributed by atoms with Crippen molar-refractivity contribution in [3.05, 3.63) is 185 Å². The molecule has 0 amide bonds. The van der Waals surface area contributed by atoms with Gasteiger partial charge in [0.25, 0.3) is 11.4 Å². The highest BCUT2D eigenvalue weighted by atomic mass is 15.4. The summed E-state index contributed by atoms with van der Waals surface area (Å²) in [6.07, 6.45) is 5.21. The van der Waals surface area contributed by atoms with Gasteiger partial charge >= 0.3 is 5.66 Å². The van der Waals surface area contributed by atoms with Gasteiger partial charge in [-0.2, -0.15) is 0 Å². The normalized spacial score (nSPS) is 23.5. The number of benzene rings is 4. The highest BCUT2D eigenvalue weighted by Gasteiger charge is 2.75. The van der Waals surface area contributed by atoms with E-state index in [9.17, 15) is 0 Å². The quantitative estimate of drug-likeness (QED) is 0.200. The number of fused-ring (bicyclic) bond motifs is 1. The summed E-state index contributed by atoms with van der Waals surface area (Å²) in [6, 6.07) is 34.3. The molecule has 3 aliphatic heterocycles. The van der Waals surface area contributed by atoms with Crippen molar-refractivity contribution in [3.63, 3.8) is 0 Å². The fourth-order valence-corrected chi connectivity index (χ4v) is 12.0. The summed E-state index contributed by atoms with van der Waals surface area (Å²) < 4.78 is 5.82. The Kier molecular flexibility index (Phi) is 2.96. The molecule has 14 rings (SSSR count). The lowest BCUT2D eigenvalue weighted by Crippen LogP contribution is -2.78. The summed E-state index contributed by atoms with van der Waals surface area (Å²) >= 11 is 0. The van der Waals surface area contributed by atoms with E-state index in [1.165, 1.54) is 22.5 Å². The van der Waals surface area contributed by atoms with Crippen molar-refractivity contribution in [2.24, 2.45) is 0 Å². The van der Waals surface area contributed by atoms with Crippen LogP contribution in [0, 0.1) is 0 Å². The maximum atomic E-state index is 2.91. The van der Waals surface area contributed by atoms with Crippen molar-refractivity contribution in [2.45, 2.75) is 49.6 Å². The lowest BCUT2D eigenvalue weighted by atomic mass is 9.57. The van der Waals surface area contributed by atoms with Gasteiger partial charge in [0.1, 0.15) is 11.1 Å². The van der Waals surface area contributed by atoms with E-state index in [2.05, 4.69) is 94.1 Å². The minimum absolute atomic E-state index is 0.325. The largest absolute Gasteiger partial charge is 0.417 e. The second kappa shape index (κ2) is 6.21. The first-order chi connectivity index (χ1) is 21.8. The van der Waals surface area contributed by atoms with Gasteiger partial charge in [-0.3, -0.25) is 0 Å². The molecule has 202 valence electrons. The fourth-order valence-electron chi connectivity index (χ4n) is 12.0. The van der Waals surface area contributed by atoms with E-state index in [1.807, 2.05) is 0 Å². The maximum absolute atomic E-state index is 2.91. The predicted molar refractivity (Wildman–Crippen MR) is 166 cm³/mol. The molecular formula is C42H26N2+2. The van der Waals surface area contributed by atoms with Crippen LogP contribution in [0.1, 0.15) is 112 Å². The minimum Gasteiger partial charge on any atom is -0.116 e. The molecule has 1 spiro atoms. The first-order valence-corrected chi connectivity index (χ1v) is 16.5. The Morgan fingerprint density at radius 3 is 1.23 bits per heavy atom. The van der Waals surface area contributed by atoms with Crippen LogP contribution in [0.25, 0.3) is 11.4 Å². The van der Waals surface area contributed by atoms with E-state index in [0.717, 1.165) is 32.1 Å². The highest BCUT2D eigenvalue weighted by Crippen LogP contribution is 2.62. The number of nitrogens with zero attached hydrogens (tertiary/aromatic N) is 2. The number of hydrogen-bond donors (Lipinski definition) is 0. The molecule has 0 fully saturated rings. The summed E-state index contributed by atoms with van der Waals surface area (Å²) in [5, 5.41) is 0. The topological polar surface area (TPSA) is 7.76 Å². The van der Waals surface area contributed by atoms with E-state index in [1.54, 1.807) is 89.3 Å². The van der Waals surface area contributed by atoms with E-state index < -0.39 is 0 Å². The van der Waals surface area contributed by atoms with Gasteiger partial charge in [-0.05, 0) is 98.2 Å². The van der Waals surface area contributed by atoms with Crippen LogP contribution in [0.5, 0.6) is 0 Å². The van der Waals surface area contributed by atoms with Crippen LogP contribution < -0.4 is 9.13 Å².